The molecule has 0 unspecified atom stereocenters. The van der Waals surface area contributed by atoms with Gasteiger partial charge in [-0.05, 0) is 30.2 Å². The van der Waals surface area contributed by atoms with Crippen molar-refractivity contribution in [1.82, 2.24) is 15.4 Å². The van der Waals surface area contributed by atoms with Crippen molar-refractivity contribution in [1.29, 1.82) is 0 Å². The number of amides is 3. The highest BCUT2D eigenvalue weighted by molar-refractivity contribution is 7.89. The van der Waals surface area contributed by atoms with Crippen molar-refractivity contribution in [2.75, 3.05) is 19.7 Å². The number of imide groups is 1. The standard InChI is InChI=1S/C15H20FN3O6S/c1-10(2)7-17-15(22)19-13(20)9-25-14(21)8-18-26(23,24)12-5-3-11(16)4-6-12/h3-6,10,18H,7-9H2,1-2H3,(H2,17,19,20,22). The van der Waals surface area contributed by atoms with Gasteiger partial charge in [0.05, 0.1) is 4.90 Å². The van der Waals surface area contributed by atoms with E-state index in [2.05, 4.69) is 10.1 Å². The molecule has 1 aromatic carbocycles. The van der Waals surface area contributed by atoms with Crippen molar-refractivity contribution in [2.24, 2.45) is 5.92 Å². The number of nitrogens with one attached hydrogen (secondary N) is 3. The molecule has 0 aliphatic carbocycles. The van der Waals surface area contributed by atoms with E-state index in [0.717, 1.165) is 24.3 Å². The molecule has 0 bridgehead atoms. The Hall–Kier alpha value is -2.53. The van der Waals surface area contributed by atoms with Crippen LogP contribution in [0.15, 0.2) is 29.2 Å². The van der Waals surface area contributed by atoms with E-state index in [1.807, 2.05) is 23.9 Å². The van der Waals surface area contributed by atoms with Crippen molar-refractivity contribution in [3.63, 3.8) is 0 Å². The van der Waals surface area contributed by atoms with E-state index >= 15 is 0 Å². The third kappa shape index (κ3) is 8.03. The molecule has 9 nitrogen and oxygen atoms in total. The first-order chi connectivity index (χ1) is 12.1. The Labute approximate surface area is 150 Å². The first-order valence-corrected chi connectivity index (χ1v) is 9.07. The van der Waals surface area contributed by atoms with E-state index in [0.29, 0.717) is 6.54 Å². The van der Waals surface area contributed by atoms with Gasteiger partial charge in [0.15, 0.2) is 6.61 Å². The smallest absolute Gasteiger partial charge is 0.321 e. The second-order valence-electron chi connectivity index (χ2n) is 5.59. The van der Waals surface area contributed by atoms with E-state index in [4.69, 9.17) is 0 Å². The number of halogens is 1. The van der Waals surface area contributed by atoms with Gasteiger partial charge in [0.2, 0.25) is 10.0 Å². The van der Waals surface area contributed by atoms with Crippen LogP contribution in [0.5, 0.6) is 0 Å². The lowest BCUT2D eigenvalue weighted by atomic mass is 10.2. The van der Waals surface area contributed by atoms with Crippen molar-refractivity contribution >= 4 is 27.9 Å². The minimum atomic E-state index is -4.03. The number of hydrogen-bond donors (Lipinski definition) is 3. The number of sulfonamides is 1. The molecule has 0 spiro atoms. The third-order valence-electron chi connectivity index (χ3n) is 2.82. The van der Waals surface area contributed by atoms with E-state index in [-0.39, 0.29) is 10.8 Å². The summed E-state index contributed by atoms with van der Waals surface area (Å²) in [4.78, 5) is 34.0. The average molecular weight is 389 g/mol. The van der Waals surface area contributed by atoms with Crippen LogP contribution in [-0.2, 0) is 24.3 Å². The minimum absolute atomic E-state index is 0.197. The molecule has 0 saturated heterocycles. The zero-order chi connectivity index (χ0) is 19.7. The maximum absolute atomic E-state index is 12.8. The molecule has 0 radical (unpaired) electrons. The highest BCUT2D eigenvalue weighted by Gasteiger charge is 2.17. The predicted octanol–water partition coefficient (Wildman–Crippen LogP) is 0.129. The summed E-state index contributed by atoms with van der Waals surface area (Å²) in [5.74, 6) is -2.29. The molecule has 3 amide bonds. The Morgan fingerprint density at radius 1 is 1.15 bits per heavy atom. The zero-order valence-electron chi connectivity index (χ0n) is 14.2. The van der Waals surface area contributed by atoms with E-state index in [1.54, 1.807) is 0 Å². The van der Waals surface area contributed by atoms with Crippen LogP contribution < -0.4 is 15.4 Å². The number of rotatable bonds is 8. The number of benzene rings is 1. The normalized spacial score (nSPS) is 11.1. The van der Waals surface area contributed by atoms with Gasteiger partial charge >= 0.3 is 12.0 Å². The number of esters is 1. The zero-order valence-corrected chi connectivity index (χ0v) is 15.1. The molecule has 0 heterocycles. The van der Waals surface area contributed by atoms with Crippen LogP contribution in [0.2, 0.25) is 0 Å². The van der Waals surface area contributed by atoms with Gasteiger partial charge in [-0.1, -0.05) is 13.8 Å². The summed E-state index contributed by atoms with van der Waals surface area (Å²) < 4.78 is 43.1. The number of ether oxygens (including phenoxy) is 1. The summed E-state index contributed by atoms with van der Waals surface area (Å²) in [6.45, 7) is 2.64. The molecular weight excluding hydrogens is 369 g/mol. The van der Waals surface area contributed by atoms with Crippen molar-refractivity contribution < 1.29 is 31.9 Å². The molecule has 144 valence electrons. The number of carbonyl (C=O) groups excluding carboxylic acids is 3. The topological polar surface area (TPSA) is 131 Å². The second-order valence-corrected chi connectivity index (χ2v) is 7.36. The van der Waals surface area contributed by atoms with Crippen LogP contribution in [0.1, 0.15) is 13.8 Å². The third-order valence-corrected chi connectivity index (χ3v) is 4.24. The van der Waals surface area contributed by atoms with Gasteiger partial charge in [0, 0.05) is 6.54 Å². The molecule has 0 aliphatic heterocycles. The molecule has 3 N–H and O–H groups in total. The molecule has 0 saturated carbocycles. The Balaban J connectivity index is 2.37. The first-order valence-electron chi connectivity index (χ1n) is 7.58. The molecule has 1 aromatic rings. The summed E-state index contributed by atoms with van der Waals surface area (Å²) in [5.41, 5.74) is 0. The van der Waals surface area contributed by atoms with Crippen LogP contribution in [0.4, 0.5) is 9.18 Å². The van der Waals surface area contributed by atoms with E-state index in [9.17, 15) is 27.2 Å². The van der Waals surface area contributed by atoms with Gasteiger partial charge in [0.1, 0.15) is 12.4 Å². The quantitative estimate of drug-likeness (QED) is 0.542. The first kappa shape index (κ1) is 21.5. The van der Waals surface area contributed by atoms with Crippen molar-refractivity contribution in [2.45, 2.75) is 18.7 Å². The molecule has 0 atom stereocenters. The van der Waals surface area contributed by atoms with E-state index < -0.39 is 46.9 Å². The van der Waals surface area contributed by atoms with Crippen molar-refractivity contribution in [3.05, 3.63) is 30.1 Å². The summed E-state index contributed by atoms with van der Waals surface area (Å²) in [7, 11) is -4.03. The van der Waals surface area contributed by atoms with Crippen LogP contribution in [0.25, 0.3) is 0 Å². The number of carbonyl (C=O) groups is 3. The summed E-state index contributed by atoms with van der Waals surface area (Å²) >= 11 is 0. The highest BCUT2D eigenvalue weighted by Crippen LogP contribution is 2.09. The molecule has 0 aliphatic rings. The number of hydrogen-bond acceptors (Lipinski definition) is 6. The van der Waals surface area contributed by atoms with Crippen LogP contribution in [-0.4, -0.2) is 46.0 Å². The highest BCUT2D eigenvalue weighted by atomic mass is 32.2. The summed E-state index contributed by atoms with van der Waals surface area (Å²) in [6.07, 6.45) is 0. The van der Waals surface area contributed by atoms with Crippen LogP contribution in [0, 0.1) is 11.7 Å². The lowest BCUT2D eigenvalue weighted by molar-refractivity contribution is -0.147. The van der Waals surface area contributed by atoms with Gasteiger partial charge in [-0.2, -0.15) is 4.72 Å². The van der Waals surface area contributed by atoms with Crippen molar-refractivity contribution in [3.8, 4) is 0 Å². The van der Waals surface area contributed by atoms with Crippen LogP contribution >= 0.6 is 0 Å². The van der Waals surface area contributed by atoms with Crippen LogP contribution in [0.3, 0.4) is 0 Å². The minimum Gasteiger partial charge on any atom is -0.455 e. The Kier molecular flexibility index (Phi) is 8.13. The SMILES string of the molecule is CC(C)CNC(=O)NC(=O)COC(=O)CNS(=O)(=O)c1ccc(F)cc1. The lowest BCUT2D eigenvalue weighted by Crippen LogP contribution is -2.43. The number of urea groups is 1. The Morgan fingerprint density at radius 3 is 2.35 bits per heavy atom. The predicted molar refractivity (Wildman–Crippen MR) is 88.9 cm³/mol. The maximum Gasteiger partial charge on any atom is 0.321 e. The molecule has 0 aromatic heterocycles. The fourth-order valence-corrected chi connectivity index (χ4v) is 2.52. The molecule has 0 fully saturated rings. The monoisotopic (exact) mass is 389 g/mol. The lowest BCUT2D eigenvalue weighted by Gasteiger charge is -2.09. The van der Waals surface area contributed by atoms with Gasteiger partial charge < -0.3 is 10.1 Å². The molecule has 1 rings (SSSR count). The molecule has 11 heteroatoms. The Bertz CT molecular complexity index is 749. The van der Waals surface area contributed by atoms with Gasteiger partial charge in [-0.3, -0.25) is 14.9 Å². The van der Waals surface area contributed by atoms with Gasteiger partial charge in [-0.15, -0.1) is 0 Å². The van der Waals surface area contributed by atoms with E-state index in [1.165, 1.54) is 0 Å². The largest absolute Gasteiger partial charge is 0.455 e. The molecular formula is C15H20FN3O6S. The van der Waals surface area contributed by atoms with Gasteiger partial charge in [-0.25, -0.2) is 17.6 Å². The fourth-order valence-electron chi connectivity index (χ4n) is 1.55. The summed E-state index contributed by atoms with van der Waals surface area (Å²) in [6, 6.07) is 3.26. The average Bonchev–Trinajstić information content (AvgIpc) is 2.57. The second kappa shape index (κ2) is 9.82. The maximum atomic E-state index is 12.8. The summed E-state index contributed by atoms with van der Waals surface area (Å²) in [5, 5.41) is 4.39. The Morgan fingerprint density at radius 2 is 1.77 bits per heavy atom. The van der Waals surface area contributed by atoms with Gasteiger partial charge in [0.25, 0.3) is 5.91 Å². The fraction of sp³-hybridized carbons (Fsp3) is 0.400. The molecule has 26 heavy (non-hydrogen) atoms.